The second kappa shape index (κ2) is 5.25. The van der Waals surface area contributed by atoms with Crippen LogP contribution in [-0.2, 0) is 0 Å². The zero-order valence-electron chi connectivity index (χ0n) is 12.4. The van der Waals surface area contributed by atoms with Crippen LogP contribution < -0.4 is 5.43 Å². The molecule has 0 bridgehead atoms. The summed E-state index contributed by atoms with van der Waals surface area (Å²) in [5.74, 6) is 0.738. The Kier molecular flexibility index (Phi) is 3.42. The summed E-state index contributed by atoms with van der Waals surface area (Å²) in [6.07, 6.45) is 3.33. The Morgan fingerprint density at radius 3 is 2.81 bits per heavy atom. The zero-order valence-corrected chi connectivity index (χ0v) is 13.2. The van der Waals surface area contributed by atoms with E-state index in [0.717, 1.165) is 33.0 Å². The summed E-state index contributed by atoms with van der Waals surface area (Å²) < 4.78 is 0. The van der Waals surface area contributed by atoms with E-state index in [9.17, 15) is 0 Å². The molecule has 3 rings (SSSR count). The number of thiophene rings is 1. The SMILES string of the molecule is C/C(=N\Nc1ncnc2sc(C)c(C)c12)c1cn[nH]c1C. The number of aromatic nitrogens is 4. The molecule has 108 valence electrons. The Morgan fingerprint density at radius 2 is 2.10 bits per heavy atom. The van der Waals surface area contributed by atoms with Crippen molar-refractivity contribution in [2.75, 3.05) is 5.43 Å². The minimum Gasteiger partial charge on any atom is -0.282 e. The molecule has 0 saturated heterocycles. The van der Waals surface area contributed by atoms with Gasteiger partial charge in [0.25, 0.3) is 0 Å². The van der Waals surface area contributed by atoms with Gasteiger partial charge in [-0.05, 0) is 33.3 Å². The highest BCUT2D eigenvalue weighted by Gasteiger charge is 2.11. The van der Waals surface area contributed by atoms with Crippen LogP contribution in [0.3, 0.4) is 0 Å². The van der Waals surface area contributed by atoms with Gasteiger partial charge < -0.3 is 0 Å². The van der Waals surface area contributed by atoms with Crippen LogP contribution in [0.2, 0.25) is 0 Å². The van der Waals surface area contributed by atoms with Crippen molar-refractivity contribution in [2.24, 2.45) is 5.10 Å². The standard InChI is InChI=1S/C14H16N6S/c1-7-10(4)21-14-12(7)13(15-6-16-14)20-19-9(3)11-5-17-18-8(11)2/h5-6H,1-4H3,(H,17,18)(H,15,16,20)/b19-9+. The first-order valence-corrected chi connectivity index (χ1v) is 7.41. The Labute approximate surface area is 126 Å². The maximum absolute atomic E-state index is 4.42. The van der Waals surface area contributed by atoms with Gasteiger partial charge in [0.15, 0.2) is 5.82 Å². The van der Waals surface area contributed by atoms with Gasteiger partial charge in [-0.25, -0.2) is 9.97 Å². The molecular weight excluding hydrogens is 284 g/mol. The molecule has 2 N–H and O–H groups in total. The normalized spacial score (nSPS) is 12.1. The summed E-state index contributed by atoms with van der Waals surface area (Å²) in [4.78, 5) is 10.9. The van der Waals surface area contributed by atoms with Gasteiger partial charge in [-0.15, -0.1) is 11.3 Å². The molecule has 0 spiro atoms. The van der Waals surface area contributed by atoms with Crippen LogP contribution in [0.1, 0.15) is 28.6 Å². The molecular formula is C14H16N6S. The van der Waals surface area contributed by atoms with E-state index in [1.54, 1.807) is 23.9 Å². The Bertz CT molecular complexity index is 829. The topological polar surface area (TPSA) is 78.8 Å². The average molecular weight is 300 g/mol. The molecule has 0 amide bonds. The van der Waals surface area contributed by atoms with Gasteiger partial charge in [-0.3, -0.25) is 10.5 Å². The van der Waals surface area contributed by atoms with E-state index in [1.807, 2.05) is 13.8 Å². The van der Waals surface area contributed by atoms with Crippen LogP contribution >= 0.6 is 11.3 Å². The van der Waals surface area contributed by atoms with Crippen molar-refractivity contribution in [3.05, 3.63) is 34.2 Å². The summed E-state index contributed by atoms with van der Waals surface area (Å²) in [6, 6.07) is 0. The summed E-state index contributed by atoms with van der Waals surface area (Å²) in [6.45, 7) is 8.08. The van der Waals surface area contributed by atoms with Crippen molar-refractivity contribution in [3.8, 4) is 0 Å². The first kappa shape index (κ1) is 13.7. The first-order chi connectivity index (χ1) is 10.1. The second-order valence-electron chi connectivity index (χ2n) is 4.90. The summed E-state index contributed by atoms with van der Waals surface area (Å²) in [5, 5.41) is 12.4. The number of hydrazone groups is 1. The molecule has 6 nitrogen and oxygen atoms in total. The Morgan fingerprint density at radius 1 is 1.29 bits per heavy atom. The number of anilines is 1. The average Bonchev–Trinajstić information content (AvgIpc) is 3.01. The summed E-state index contributed by atoms with van der Waals surface area (Å²) in [7, 11) is 0. The predicted octanol–water partition coefficient (Wildman–Crippen LogP) is 3.18. The van der Waals surface area contributed by atoms with Crippen molar-refractivity contribution < 1.29 is 0 Å². The number of hydrogen-bond acceptors (Lipinski definition) is 6. The molecule has 0 unspecified atom stereocenters. The third-order valence-corrected chi connectivity index (χ3v) is 4.63. The molecule has 21 heavy (non-hydrogen) atoms. The molecule has 0 aromatic carbocycles. The number of nitrogens with zero attached hydrogens (tertiary/aromatic N) is 4. The van der Waals surface area contributed by atoms with Crippen LogP contribution in [-0.4, -0.2) is 25.9 Å². The van der Waals surface area contributed by atoms with Crippen LogP contribution in [0.15, 0.2) is 17.6 Å². The molecule has 0 saturated carbocycles. The Balaban J connectivity index is 1.97. The zero-order chi connectivity index (χ0) is 15.0. The van der Waals surface area contributed by atoms with Crippen molar-refractivity contribution in [3.63, 3.8) is 0 Å². The number of hydrogen-bond donors (Lipinski definition) is 2. The maximum Gasteiger partial charge on any atom is 0.158 e. The monoisotopic (exact) mass is 300 g/mol. The molecule has 3 aromatic heterocycles. The third-order valence-electron chi connectivity index (χ3n) is 3.51. The lowest BCUT2D eigenvalue weighted by molar-refractivity contribution is 1.05. The number of aromatic amines is 1. The maximum atomic E-state index is 4.42. The molecule has 3 heterocycles. The van der Waals surface area contributed by atoms with Crippen LogP contribution in [0.25, 0.3) is 10.2 Å². The fourth-order valence-electron chi connectivity index (χ4n) is 2.18. The fraction of sp³-hybridized carbons (Fsp3) is 0.286. The van der Waals surface area contributed by atoms with E-state index in [0.29, 0.717) is 0 Å². The lowest BCUT2D eigenvalue weighted by atomic mass is 10.2. The van der Waals surface area contributed by atoms with E-state index in [-0.39, 0.29) is 0 Å². The van der Waals surface area contributed by atoms with Gasteiger partial charge >= 0.3 is 0 Å². The van der Waals surface area contributed by atoms with Crippen molar-refractivity contribution >= 4 is 33.1 Å². The van der Waals surface area contributed by atoms with Gasteiger partial charge in [0.1, 0.15) is 11.2 Å². The lowest BCUT2D eigenvalue weighted by Crippen LogP contribution is -2.02. The molecule has 7 heteroatoms. The molecule has 0 fully saturated rings. The van der Waals surface area contributed by atoms with E-state index in [1.165, 1.54) is 10.4 Å². The number of H-pyrrole nitrogens is 1. The number of nitrogens with one attached hydrogen (secondary N) is 2. The van der Waals surface area contributed by atoms with Crippen molar-refractivity contribution in [2.45, 2.75) is 27.7 Å². The second-order valence-corrected chi connectivity index (χ2v) is 6.11. The third kappa shape index (κ3) is 2.40. The molecule has 0 aliphatic heterocycles. The molecule has 3 aromatic rings. The lowest BCUT2D eigenvalue weighted by Gasteiger charge is -2.04. The molecule has 0 atom stereocenters. The first-order valence-electron chi connectivity index (χ1n) is 6.59. The Hall–Kier alpha value is -2.28. The molecule has 0 aliphatic carbocycles. The molecule has 0 aliphatic rings. The molecule has 0 radical (unpaired) electrons. The summed E-state index contributed by atoms with van der Waals surface area (Å²) >= 11 is 1.67. The minimum atomic E-state index is 0.738. The highest BCUT2D eigenvalue weighted by atomic mass is 32.1. The minimum absolute atomic E-state index is 0.738. The van der Waals surface area contributed by atoms with Gasteiger partial charge in [0, 0.05) is 16.1 Å². The van der Waals surface area contributed by atoms with Crippen LogP contribution in [0.4, 0.5) is 5.82 Å². The van der Waals surface area contributed by atoms with Gasteiger partial charge in [0.05, 0.1) is 17.3 Å². The smallest absolute Gasteiger partial charge is 0.158 e. The summed E-state index contributed by atoms with van der Waals surface area (Å²) in [5.41, 5.74) is 7.10. The van der Waals surface area contributed by atoms with Gasteiger partial charge in [-0.2, -0.15) is 10.2 Å². The number of aryl methyl sites for hydroxylation is 3. The van der Waals surface area contributed by atoms with Crippen molar-refractivity contribution in [1.29, 1.82) is 0 Å². The fourth-order valence-corrected chi connectivity index (χ4v) is 3.18. The number of rotatable bonds is 3. The van der Waals surface area contributed by atoms with E-state index in [2.05, 4.69) is 44.5 Å². The largest absolute Gasteiger partial charge is 0.282 e. The highest BCUT2D eigenvalue weighted by molar-refractivity contribution is 7.18. The number of fused-ring (bicyclic) bond motifs is 1. The van der Waals surface area contributed by atoms with Crippen LogP contribution in [0.5, 0.6) is 0 Å². The predicted molar refractivity (Wildman–Crippen MR) is 86.0 cm³/mol. The van der Waals surface area contributed by atoms with Gasteiger partial charge in [0.2, 0.25) is 0 Å². The quantitative estimate of drug-likeness (QED) is 0.575. The van der Waals surface area contributed by atoms with E-state index < -0.39 is 0 Å². The van der Waals surface area contributed by atoms with E-state index in [4.69, 9.17) is 0 Å². The van der Waals surface area contributed by atoms with Crippen molar-refractivity contribution in [1.82, 2.24) is 20.2 Å². The van der Waals surface area contributed by atoms with Gasteiger partial charge in [-0.1, -0.05) is 0 Å². The van der Waals surface area contributed by atoms with E-state index >= 15 is 0 Å². The van der Waals surface area contributed by atoms with Crippen LogP contribution in [0, 0.1) is 20.8 Å². The highest BCUT2D eigenvalue weighted by Crippen LogP contribution is 2.32.